The maximum absolute atomic E-state index is 6.40. The molecule has 92 valence electrons. The molecule has 0 radical (unpaired) electrons. The van der Waals surface area contributed by atoms with Gasteiger partial charge < -0.3 is 9.26 Å². The average Bonchev–Trinajstić information content (AvgIpc) is 2.59. The van der Waals surface area contributed by atoms with Crippen LogP contribution in [0.2, 0.25) is 18.1 Å². The van der Waals surface area contributed by atoms with Gasteiger partial charge in [-0.1, -0.05) is 25.9 Å². The van der Waals surface area contributed by atoms with Gasteiger partial charge in [-0.3, -0.25) is 0 Å². The zero-order valence-electron chi connectivity index (χ0n) is 11.0. The van der Waals surface area contributed by atoms with E-state index in [1.807, 2.05) is 0 Å². The van der Waals surface area contributed by atoms with E-state index in [0.717, 1.165) is 19.4 Å². The molecule has 0 aromatic carbocycles. The molecule has 0 N–H and O–H groups in total. The van der Waals surface area contributed by atoms with Crippen molar-refractivity contribution in [3.05, 3.63) is 0 Å². The quantitative estimate of drug-likeness (QED) is 0.695. The van der Waals surface area contributed by atoms with Crippen LogP contribution in [-0.2, 0) is 9.26 Å². The van der Waals surface area contributed by atoms with Crippen LogP contribution >= 0.6 is 0 Å². The molecule has 2 atom stereocenters. The van der Waals surface area contributed by atoms with E-state index < -0.39 is 8.32 Å². The molecule has 2 rings (SSSR count). The van der Waals surface area contributed by atoms with Crippen LogP contribution in [0.25, 0.3) is 0 Å². The van der Waals surface area contributed by atoms with Gasteiger partial charge in [-0.05, 0) is 24.6 Å². The van der Waals surface area contributed by atoms with E-state index in [0.29, 0.717) is 17.1 Å². The molecular formula is C12H23NO2Si. The Kier molecular flexibility index (Phi) is 2.91. The van der Waals surface area contributed by atoms with E-state index in [-0.39, 0.29) is 0 Å². The van der Waals surface area contributed by atoms with Crippen molar-refractivity contribution in [1.29, 1.82) is 0 Å². The fourth-order valence-corrected chi connectivity index (χ4v) is 3.47. The highest BCUT2D eigenvalue weighted by Gasteiger charge is 2.43. The van der Waals surface area contributed by atoms with Crippen LogP contribution in [-0.4, -0.2) is 26.7 Å². The lowest BCUT2D eigenvalue weighted by Gasteiger charge is -2.38. The lowest BCUT2D eigenvalue weighted by molar-refractivity contribution is 0.126. The molecular weight excluding hydrogens is 218 g/mol. The van der Waals surface area contributed by atoms with Crippen molar-refractivity contribution in [3.63, 3.8) is 0 Å². The van der Waals surface area contributed by atoms with Crippen molar-refractivity contribution < 1.29 is 9.26 Å². The molecule has 3 nitrogen and oxygen atoms in total. The van der Waals surface area contributed by atoms with Gasteiger partial charge in [0.2, 0.25) is 0 Å². The van der Waals surface area contributed by atoms with Gasteiger partial charge in [0.05, 0.1) is 11.8 Å². The Labute approximate surface area is 99.3 Å². The summed E-state index contributed by atoms with van der Waals surface area (Å²) in [6, 6.07) is 0. The summed E-state index contributed by atoms with van der Waals surface area (Å²) in [6.07, 6.45) is 2.47. The zero-order chi connectivity index (χ0) is 12.0. The van der Waals surface area contributed by atoms with E-state index in [9.17, 15) is 0 Å². The molecule has 1 fully saturated rings. The van der Waals surface area contributed by atoms with E-state index in [1.165, 1.54) is 5.71 Å². The van der Waals surface area contributed by atoms with Crippen LogP contribution in [0.3, 0.4) is 0 Å². The molecule has 4 heteroatoms. The SMILES string of the molecule is CC(C)(C)[Si](C)(C)OC1CC2=NOCC2C1. The molecule has 1 saturated carbocycles. The molecule has 2 aliphatic rings. The predicted octanol–water partition coefficient (Wildman–Crippen LogP) is 3.17. The van der Waals surface area contributed by atoms with Crippen LogP contribution in [0.1, 0.15) is 33.6 Å². The van der Waals surface area contributed by atoms with Crippen LogP contribution in [0, 0.1) is 5.92 Å². The molecule has 1 aliphatic carbocycles. The van der Waals surface area contributed by atoms with Crippen molar-refractivity contribution in [1.82, 2.24) is 0 Å². The minimum Gasteiger partial charge on any atom is -0.414 e. The summed E-state index contributed by atoms with van der Waals surface area (Å²) in [7, 11) is -1.61. The standard InChI is InChI=1S/C12H23NO2Si/c1-12(2,3)16(4,5)15-10-6-9-8-14-13-11(9)7-10/h9-10H,6-8H2,1-5H3. The third kappa shape index (κ3) is 2.18. The highest BCUT2D eigenvalue weighted by atomic mass is 28.4. The first-order valence-corrected chi connectivity index (χ1v) is 9.07. The Balaban J connectivity index is 1.97. The highest BCUT2D eigenvalue weighted by Crippen LogP contribution is 2.40. The second-order valence-electron chi connectivity index (χ2n) is 6.52. The van der Waals surface area contributed by atoms with Gasteiger partial charge in [0.15, 0.2) is 8.32 Å². The third-order valence-electron chi connectivity index (χ3n) is 4.18. The second kappa shape index (κ2) is 3.84. The normalized spacial score (nSPS) is 29.9. The summed E-state index contributed by atoms with van der Waals surface area (Å²) in [5, 5.41) is 4.39. The van der Waals surface area contributed by atoms with Crippen LogP contribution in [0.15, 0.2) is 5.16 Å². The molecule has 0 spiro atoms. The molecule has 0 bridgehead atoms. The number of fused-ring (bicyclic) bond motifs is 1. The second-order valence-corrected chi connectivity index (χ2v) is 11.3. The minimum absolute atomic E-state index is 0.295. The van der Waals surface area contributed by atoms with E-state index in [4.69, 9.17) is 9.26 Å². The fourth-order valence-electron chi connectivity index (χ4n) is 2.11. The molecule has 0 saturated heterocycles. The Hall–Kier alpha value is -0.353. The Morgan fingerprint density at radius 2 is 2.06 bits per heavy atom. The van der Waals surface area contributed by atoms with Crippen LogP contribution in [0.5, 0.6) is 0 Å². The summed E-state index contributed by atoms with van der Waals surface area (Å²) in [4.78, 5) is 5.10. The topological polar surface area (TPSA) is 30.8 Å². The summed E-state index contributed by atoms with van der Waals surface area (Å²) in [5.74, 6) is 0.537. The maximum Gasteiger partial charge on any atom is 0.192 e. The summed E-state index contributed by atoms with van der Waals surface area (Å²) in [5.41, 5.74) is 1.23. The molecule has 0 amide bonds. The van der Waals surface area contributed by atoms with E-state index >= 15 is 0 Å². The first-order valence-electron chi connectivity index (χ1n) is 6.16. The van der Waals surface area contributed by atoms with Crippen LogP contribution in [0.4, 0.5) is 0 Å². The summed E-state index contributed by atoms with van der Waals surface area (Å²) >= 11 is 0. The Bertz CT molecular complexity index is 307. The van der Waals surface area contributed by atoms with E-state index in [2.05, 4.69) is 39.0 Å². The van der Waals surface area contributed by atoms with Gasteiger partial charge in [0, 0.05) is 12.3 Å². The number of hydrogen-bond donors (Lipinski definition) is 0. The Morgan fingerprint density at radius 1 is 1.38 bits per heavy atom. The minimum atomic E-state index is -1.61. The molecule has 0 aromatic heterocycles. The van der Waals surface area contributed by atoms with E-state index in [1.54, 1.807) is 0 Å². The highest BCUT2D eigenvalue weighted by molar-refractivity contribution is 6.74. The lowest BCUT2D eigenvalue weighted by Crippen LogP contribution is -2.43. The molecule has 0 aromatic rings. The average molecular weight is 241 g/mol. The van der Waals surface area contributed by atoms with Gasteiger partial charge in [-0.2, -0.15) is 0 Å². The van der Waals surface area contributed by atoms with Crippen LogP contribution < -0.4 is 0 Å². The van der Waals surface area contributed by atoms with Gasteiger partial charge in [-0.15, -0.1) is 0 Å². The maximum atomic E-state index is 6.40. The van der Waals surface area contributed by atoms with Crippen molar-refractivity contribution in [2.75, 3.05) is 6.61 Å². The van der Waals surface area contributed by atoms with Gasteiger partial charge >= 0.3 is 0 Å². The van der Waals surface area contributed by atoms with Gasteiger partial charge in [0.25, 0.3) is 0 Å². The smallest absolute Gasteiger partial charge is 0.192 e. The first kappa shape index (κ1) is 12.1. The van der Waals surface area contributed by atoms with Crippen molar-refractivity contribution in [3.8, 4) is 0 Å². The predicted molar refractivity (Wildman–Crippen MR) is 68.2 cm³/mol. The zero-order valence-corrected chi connectivity index (χ0v) is 12.0. The monoisotopic (exact) mass is 241 g/mol. The van der Waals surface area contributed by atoms with Crippen molar-refractivity contribution in [2.24, 2.45) is 11.1 Å². The molecule has 1 heterocycles. The number of rotatable bonds is 2. The summed E-state index contributed by atoms with van der Waals surface area (Å²) in [6.45, 7) is 12.3. The summed E-state index contributed by atoms with van der Waals surface area (Å²) < 4.78 is 6.40. The first-order chi connectivity index (χ1) is 7.29. The van der Waals surface area contributed by atoms with Gasteiger partial charge in [-0.25, -0.2) is 0 Å². The van der Waals surface area contributed by atoms with Crippen molar-refractivity contribution in [2.45, 2.75) is 57.8 Å². The number of nitrogens with zero attached hydrogens (tertiary/aromatic N) is 1. The Morgan fingerprint density at radius 3 is 2.62 bits per heavy atom. The molecule has 16 heavy (non-hydrogen) atoms. The largest absolute Gasteiger partial charge is 0.414 e. The number of hydrogen-bond acceptors (Lipinski definition) is 3. The molecule has 2 unspecified atom stereocenters. The van der Waals surface area contributed by atoms with Crippen molar-refractivity contribution >= 4 is 14.0 Å². The lowest BCUT2D eigenvalue weighted by atomic mass is 10.1. The third-order valence-corrected chi connectivity index (χ3v) is 8.72. The van der Waals surface area contributed by atoms with Gasteiger partial charge in [0.1, 0.15) is 6.61 Å². The molecule has 1 aliphatic heterocycles. The number of oxime groups is 1. The fraction of sp³-hybridized carbons (Fsp3) is 0.917.